The summed E-state index contributed by atoms with van der Waals surface area (Å²) in [6.07, 6.45) is 3.26. The molecule has 2 bridgehead atoms. The second-order valence-electron chi connectivity index (χ2n) is 2.95. The second kappa shape index (κ2) is 2.23. The summed E-state index contributed by atoms with van der Waals surface area (Å²) < 4.78 is 0. The molecule has 2 aliphatic rings. The average molecular weight is 154 g/mol. The third-order valence-electron chi connectivity index (χ3n) is 2.11. The van der Waals surface area contributed by atoms with E-state index in [0.717, 1.165) is 0 Å². The van der Waals surface area contributed by atoms with Gasteiger partial charge in [-0.05, 0) is 0 Å². The Morgan fingerprint density at radius 3 is 2.45 bits per heavy atom. The number of amides is 1. The number of nitrogens with zero attached hydrogens (tertiary/aromatic N) is 1. The quantitative estimate of drug-likeness (QED) is 0.478. The van der Waals surface area contributed by atoms with Gasteiger partial charge in [0.1, 0.15) is 0 Å². The lowest BCUT2D eigenvalue weighted by molar-refractivity contribution is 0.130. The molecule has 0 aliphatic carbocycles. The van der Waals surface area contributed by atoms with Gasteiger partial charge < -0.3 is 15.3 Å². The predicted octanol–water partition coefficient (Wildman–Crippen LogP) is -0.123. The molecule has 0 spiro atoms. The van der Waals surface area contributed by atoms with Crippen LogP contribution in [-0.2, 0) is 0 Å². The molecule has 0 aromatic rings. The highest BCUT2D eigenvalue weighted by Crippen LogP contribution is 2.12. The Balaban J connectivity index is 2.06. The normalized spacial score (nSPS) is 34.4. The van der Waals surface area contributed by atoms with Gasteiger partial charge in [0.15, 0.2) is 0 Å². The van der Waals surface area contributed by atoms with Gasteiger partial charge in [-0.2, -0.15) is 0 Å². The van der Waals surface area contributed by atoms with E-state index >= 15 is 0 Å². The van der Waals surface area contributed by atoms with Gasteiger partial charge in [0.25, 0.3) is 0 Å². The number of piperazine rings is 1. The smallest absolute Gasteiger partial charge is 0.407 e. The second-order valence-corrected chi connectivity index (χ2v) is 2.95. The van der Waals surface area contributed by atoms with Gasteiger partial charge in [-0.15, -0.1) is 0 Å². The summed E-state index contributed by atoms with van der Waals surface area (Å²) >= 11 is 0. The van der Waals surface area contributed by atoms with E-state index in [1.54, 1.807) is 0 Å². The fraction of sp³-hybridized carbons (Fsp3) is 0.571. The Kier molecular flexibility index (Phi) is 1.35. The minimum Gasteiger partial charge on any atom is -0.465 e. The van der Waals surface area contributed by atoms with Crippen LogP contribution in [0.5, 0.6) is 0 Å². The molecule has 4 heteroatoms. The van der Waals surface area contributed by atoms with E-state index in [0.29, 0.717) is 13.1 Å². The zero-order valence-electron chi connectivity index (χ0n) is 6.03. The molecule has 11 heavy (non-hydrogen) atoms. The summed E-state index contributed by atoms with van der Waals surface area (Å²) in [6, 6.07) is 0.481. The van der Waals surface area contributed by atoms with E-state index in [1.807, 2.05) is 12.2 Å². The minimum absolute atomic E-state index is 0.241. The average Bonchev–Trinajstić information content (AvgIpc) is 2.30. The van der Waals surface area contributed by atoms with Crippen LogP contribution < -0.4 is 5.32 Å². The molecule has 2 aliphatic heterocycles. The third-order valence-corrected chi connectivity index (χ3v) is 2.11. The highest BCUT2D eigenvalue weighted by molar-refractivity contribution is 5.65. The van der Waals surface area contributed by atoms with Crippen molar-refractivity contribution in [2.75, 3.05) is 13.1 Å². The first kappa shape index (κ1) is 6.67. The molecule has 60 valence electrons. The monoisotopic (exact) mass is 154 g/mol. The maximum Gasteiger partial charge on any atom is 0.407 e. The Bertz CT molecular complexity index is 200. The third kappa shape index (κ3) is 1.09. The molecule has 2 unspecified atom stereocenters. The van der Waals surface area contributed by atoms with Crippen molar-refractivity contribution in [2.24, 2.45) is 0 Å². The summed E-state index contributed by atoms with van der Waals surface area (Å²) in [7, 11) is 0. The molecule has 1 saturated heterocycles. The van der Waals surface area contributed by atoms with Crippen LogP contribution in [0, 0.1) is 0 Å². The van der Waals surface area contributed by atoms with Crippen LogP contribution in [0.25, 0.3) is 0 Å². The van der Waals surface area contributed by atoms with Crippen molar-refractivity contribution in [1.82, 2.24) is 10.2 Å². The molecule has 2 heterocycles. The van der Waals surface area contributed by atoms with Gasteiger partial charge in [-0.25, -0.2) is 4.79 Å². The SMILES string of the molecule is O=C(O)N1CC2C=CC(C1)N2. The standard InChI is InChI=1S/C7H10N2O2/c10-7(11)9-3-5-1-2-6(4-9)8-5/h1-2,5-6,8H,3-4H2,(H,10,11). The lowest BCUT2D eigenvalue weighted by atomic mass is 10.2. The Hall–Kier alpha value is -1.03. The molecule has 0 aromatic carbocycles. The lowest BCUT2D eigenvalue weighted by Crippen LogP contribution is -2.53. The Morgan fingerprint density at radius 1 is 1.45 bits per heavy atom. The first-order valence-electron chi connectivity index (χ1n) is 3.68. The summed E-state index contributed by atoms with van der Waals surface area (Å²) in [5.41, 5.74) is 0. The Morgan fingerprint density at radius 2 is 2.00 bits per heavy atom. The molecule has 4 nitrogen and oxygen atoms in total. The molecule has 1 fully saturated rings. The fourth-order valence-electron chi connectivity index (χ4n) is 1.59. The first-order valence-corrected chi connectivity index (χ1v) is 3.68. The van der Waals surface area contributed by atoms with Crippen molar-refractivity contribution in [3.8, 4) is 0 Å². The van der Waals surface area contributed by atoms with Gasteiger partial charge >= 0.3 is 6.09 Å². The molecule has 2 atom stereocenters. The molecule has 0 aromatic heterocycles. The van der Waals surface area contributed by atoms with E-state index < -0.39 is 6.09 Å². The van der Waals surface area contributed by atoms with Crippen LogP contribution in [0.2, 0.25) is 0 Å². The first-order chi connectivity index (χ1) is 5.25. The highest BCUT2D eigenvalue weighted by Gasteiger charge is 2.29. The number of carboxylic acid groups (broad SMARTS) is 1. The highest BCUT2D eigenvalue weighted by atomic mass is 16.4. The van der Waals surface area contributed by atoms with Crippen LogP contribution in [0.3, 0.4) is 0 Å². The van der Waals surface area contributed by atoms with Crippen molar-refractivity contribution in [1.29, 1.82) is 0 Å². The van der Waals surface area contributed by atoms with Crippen LogP contribution in [0.15, 0.2) is 12.2 Å². The van der Waals surface area contributed by atoms with Gasteiger partial charge in [0.05, 0.1) is 0 Å². The van der Waals surface area contributed by atoms with E-state index in [-0.39, 0.29) is 12.1 Å². The van der Waals surface area contributed by atoms with Crippen molar-refractivity contribution in [3.63, 3.8) is 0 Å². The van der Waals surface area contributed by atoms with Crippen molar-refractivity contribution >= 4 is 6.09 Å². The van der Waals surface area contributed by atoms with Crippen molar-refractivity contribution in [2.45, 2.75) is 12.1 Å². The maximum absolute atomic E-state index is 10.5. The molecular weight excluding hydrogens is 144 g/mol. The topological polar surface area (TPSA) is 52.6 Å². The zero-order valence-corrected chi connectivity index (χ0v) is 6.03. The number of rotatable bonds is 0. The molecule has 2 N–H and O–H groups in total. The van der Waals surface area contributed by atoms with E-state index in [1.165, 1.54) is 4.90 Å². The lowest BCUT2D eigenvalue weighted by Gasteiger charge is -2.30. The van der Waals surface area contributed by atoms with E-state index in [9.17, 15) is 4.79 Å². The van der Waals surface area contributed by atoms with Gasteiger partial charge in [0.2, 0.25) is 0 Å². The number of carbonyl (C=O) groups is 1. The van der Waals surface area contributed by atoms with Crippen LogP contribution >= 0.6 is 0 Å². The molecular formula is C7H10N2O2. The maximum atomic E-state index is 10.5. The van der Waals surface area contributed by atoms with Crippen LogP contribution in [0.4, 0.5) is 4.79 Å². The molecule has 0 saturated carbocycles. The van der Waals surface area contributed by atoms with E-state index in [2.05, 4.69) is 5.32 Å². The number of nitrogens with one attached hydrogen (secondary N) is 1. The fourth-order valence-corrected chi connectivity index (χ4v) is 1.59. The molecule has 0 radical (unpaired) electrons. The summed E-state index contributed by atoms with van der Waals surface area (Å²) in [6.45, 7) is 1.17. The van der Waals surface area contributed by atoms with Crippen LogP contribution in [-0.4, -0.2) is 41.3 Å². The van der Waals surface area contributed by atoms with Crippen molar-refractivity contribution in [3.05, 3.63) is 12.2 Å². The molecule has 1 amide bonds. The number of hydrogen-bond acceptors (Lipinski definition) is 2. The zero-order chi connectivity index (χ0) is 7.84. The van der Waals surface area contributed by atoms with Gasteiger partial charge in [0, 0.05) is 25.2 Å². The molecule has 2 rings (SSSR count). The summed E-state index contributed by atoms with van der Waals surface area (Å²) in [5.74, 6) is 0. The Labute approximate surface area is 64.5 Å². The largest absolute Gasteiger partial charge is 0.465 e. The minimum atomic E-state index is -0.815. The predicted molar refractivity (Wildman–Crippen MR) is 39.4 cm³/mol. The number of fused-ring (bicyclic) bond motifs is 2. The van der Waals surface area contributed by atoms with Crippen LogP contribution in [0.1, 0.15) is 0 Å². The van der Waals surface area contributed by atoms with Gasteiger partial charge in [-0.3, -0.25) is 0 Å². The van der Waals surface area contributed by atoms with Crippen molar-refractivity contribution < 1.29 is 9.90 Å². The number of hydrogen-bond donors (Lipinski definition) is 2. The summed E-state index contributed by atoms with van der Waals surface area (Å²) in [5, 5.41) is 11.9. The van der Waals surface area contributed by atoms with Gasteiger partial charge in [-0.1, -0.05) is 12.2 Å². The summed E-state index contributed by atoms with van der Waals surface area (Å²) in [4.78, 5) is 12.0. The van der Waals surface area contributed by atoms with E-state index in [4.69, 9.17) is 5.11 Å².